The molecule has 1 N–H and O–H groups in total. The number of aryl methyl sites for hydroxylation is 1. The molecule has 0 heterocycles. The third-order valence-electron chi connectivity index (χ3n) is 3.77. The van der Waals surface area contributed by atoms with Crippen molar-refractivity contribution in [3.63, 3.8) is 0 Å². The SMILES string of the molecule is COc1cccc(N(CCNC(=O)COc2ccc(C)cc2)S(C)(=O)=O)c1. The van der Waals surface area contributed by atoms with Crippen LogP contribution in [0.15, 0.2) is 48.5 Å². The summed E-state index contributed by atoms with van der Waals surface area (Å²) in [6, 6.07) is 14.1. The summed E-state index contributed by atoms with van der Waals surface area (Å²) in [6.07, 6.45) is 1.12. The minimum absolute atomic E-state index is 0.0995. The second-order valence-corrected chi connectivity index (χ2v) is 7.90. The molecule has 0 unspecified atom stereocenters. The lowest BCUT2D eigenvalue weighted by molar-refractivity contribution is -0.123. The zero-order valence-corrected chi connectivity index (χ0v) is 16.5. The van der Waals surface area contributed by atoms with E-state index in [2.05, 4.69) is 5.32 Å². The minimum Gasteiger partial charge on any atom is -0.497 e. The van der Waals surface area contributed by atoms with Crippen LogP contribution in [0, 0.1) is 6.92 Å². The van der Waals surface area contributed by atoms with E-state index in [1.54, 1.807) is 36.4 Å². The minimum atomic E-state index is -3.51. The lowest BCUT2D eigenvalue weighted by Crippen LogP contribution is -2.39. The largest absolute Gasteiger partial charge is 0.497 e. The first kappa shape index (κ1) is 20.6. The van der Waals surface area contributed by atoms with Gasteiger partial charge in [0.15, 0.2) is 6.61 Å². The Morgan fingerprint density at radius 2 is 1.81 bits per heavy atom. The summed E-state index contributed by atoms with van der Waals surface area (Å²) in [5, 5.41) is 2.66. The number of anilines is 1. The van der Waals surface area contributed by atoms with Crippen molar-refractivity contribution in [2.24, 2.45) is 0 Å². The number of nitrogens with one attached hydrogen (secondary N) is 1. The molecule has 8 heteroatoms. The van der Waals surface area contributed by atoms with E-state index < -0.39 is 10.0 Å². The number of carbonyl (C=O) groups is 1. The van der Waals surface area contributed by atoms with Crippen molar-refractivity contribution in [2.75, 3.05) is 37.4 Å². The van der Waals surface area contributed by atoms with Crippen molar-refractivity contribution in [3.8, 4) is 11.5 Å². The van der Waals surface area contributed by atoms with Crippen LogP contribution in [0.4, 0.5) is 5.69 Å². The van der Waals surface area contributed by atoms with Gasteiger partial charge in [-0.25, -0.2) is 8.42 Å². The highest BCUT2D eigenvalue weighted by Crippen LogP contribution is 2.22. The molecule has 2 rings (SSSR count). The van der Waals surface area contributed by atoms with Crippen LogP contribution >= 0.6 is 0 Å². The van der Waals surface area contributed by atoms with Crippen LogP contribution in [0.2, 0.25) is 0 Å². The second kappa shape index (κ2) is 9.27. The Labute approximate surface area is 160 Å². The molecule has 2 aromatic rings. The lowest BCUT2D eigenvalue weighted by atomic mass is 10.2. The monoisotopic (exact) mass is 392 g/mol. The van der Waals surface area contributed by atoms with Gasteiger partial charge in [0.2, 0.25) is 10.0 Å². The maximum atomic E-state index is 12.1. The first-order chi connectivity index (χ1) is 12.8. The number of nitrogens with zero attached hydrogens (tertiary/aromatic N) is 1. The van der Waals surface area contributed by atoms with Gasteiger partial charge >= 0.3 is 0 Å². The van der Waals surface area contributed by atoms with E-state index in [1.165, 1.54) is 11.4 Å². The average Bonchev–Trinajstić information content (AvgIpc) is 2.63. The lowest BCUT2D eigenvalue weighted by Gasteiger charge is -2.23. The Balaban J connectivity index is 1.89. The summed E-state index contributed by atoms with van der Waals surface area (Å²) in [7, 11) is -1.99. The molecule has 2 aromatic carbocycles. The molecular weight excluding hydrogens is 368 g/mol. The smallest absolute Gasteiger partial charge is 0.258 e. The van der Waals surface area contributed by atoms with Crippen LogP contribution in [0.3, 0.4) is 0 Å². The van der Waals surface area contributed by atoms with Crippen LogP contribution in [-0.2, 0) is 14.8 Å². The van der Waals surface area contributed by atoms with E-state index in [-0.39, 0.29) is 25.6 Å². The van der Waals surface area contributed by atoms with Crippen molar-refractivity contribution < 1.29 is 22.7 Å². The van der Waals surface area contributed by atoms with Crippen LogP contribution in [-0.4, -0.2) is 47.4 Å². The molecule has 0 saturated heterocycles. The van der Waals surface area contributed by atoms with Gasteiger partial charge in [-0.05, 0) is 31.2 Å². The van der Waals surface area contributed by atoms with Gasteiger partial charge in [-0.15, -0.1) is 0 Å². The number of amides is 1. The van der Waals surface area contributed by atoms with Crippen LogP contribution < -0.4 is 19.1 Å². The van der Waals surface area contributed by atoms with Crippen molar-refractivity contribution >= 4 is 21.6 Å². The van der Waals surface area contributed by atoms with Gasteiger partial charge in [-0.3, -0.25) is 9.10 Å². The zero-order chi connectivity index (χ0) is 19.9. The molecular formula is C19H24N2O5S. The summed E-state index contributed by atoms with van der Waals surface area (Å²) < 4.78 is 35.9. The van der Waals surface area contributed by atoms with E-state index in [9.17, 15) is 13.2 Å². The molecule has 0 radical (unpaired) electrons. The highest BCUT2D eigenvalue weighted by molar-refractivity contribution is 7.92. The fourth-order valence-corrected chi connectivity index (χ4v) is 3.30. The summed E-state index contributed by atoms with van der Waals surface area (Å²) in [6.45, 7) is 2.08. The normalized spacial score (nSPS) is 10.9. The number of rotatable bonds is 9. The van der Waals surface area contributed by atoms with Crippen LogP contribution in [0.1, 0.15) is 5.56 Å². The van der Waals surface area contributed by atoms with Crippen molar-refractivity contribution in [3.05, 3.63) is 54.1 Å². The molecule has 0 spiro atoms. The van der Waals surface area contributed by atoms with E-state index in [0.29, 0.717) is 17.2 Å². The third-order valence-corrected chi connectivity index (χ3v) is 4.96. The Hall–Kier alpha value is -2.74. The van der Waals surface area contributed by atoms with E-state index in [1.807, 2.05) is 19.1 Å². The van der Waals surface area contributed by atoms with Gasteiger partial charge in [0.1, 0.15) is 11.5 Å². The number of hydrogen-bond acceptors (Lipinski definition) is 5. The maximum Gasteiger partial charge on any atom is 0.258 e. The summed E-state index contributed by atoms with van der Waals surface area (Å²) >= 11 is 0. The predicted octanol–water partition coefficient (Wildman–Crippen LogP) is 1.96. The highest BCUT2D eigenvalue weighted by atomic mass is 32.2. The van der Waals surface area contributed by atoms with Crippen LogP contribution in [0.25, 0.3) is 0 Å². The van der Waals surface area contributed by atoms with Gasteiger partial charge in [-0.2, -0.15) is 0 Å². The predicted molar refractivity (Wildman–Crippen MR) is 105 cm³/mol. The molecule has 0 aliphatic rings. The van der Waals surface area contributed by atoms with Crippen molar-refractivity contribution in [2.45, 2.75) is 6.92 Å². The van der Waals surface area contributed by atoms with Crippen LogP contribution in [0.5, 0.6) is 11.5 Å². The zero-order valence-electron chi connectivity index (χ0n) is 15.6. The molecule has 27 heavy (non-hydrogen) atoms. The average molecular weight is 392 g/mol. The fraction of sp³-hybridized carbons (Fsp3) is 0.316. The van der Waals surface area contributed by atoms with E-state index in [0.717, 1.165) is 11.8 Å². The Morgan fingerprint density at radius 1 is 1.11 bits per heavy atom. The van der Waals surface area contributed by atoms with E-state index in [4.69, 9.17) is 9.47 Å². The molecule has 0 bridgehead atoms. The number of benzene rings is 2. The van der Waals surface area contributed by atoms with Crippen molar-refractivity contribution in [1.82, 2.24) is 5.32 Å². The third kappa shape index (κ3) is 6.49. The molecule has 0 aliphatic carbocycles. The van der Waals surface area contributed by atoms with Gasteiger partial charge in [-0.1, -0.05) is 23.8 Å². The summed E-state index contributed by atoms with van der Waals surface area (Å²) in [5.41, 5.74) is 1.58. The van der Waals surface area contributed by atoms with Gasteiger partial charge in [0.25, 0.3) is 5.91 Å². The standard InChI is InChI=1S/C19H24N2O5S/c1-15-7-9-17(10-8-15)26-14-19(22)20-11-12-21(27(3,23)24)16-5-4-6-18(13-16)25-2/h4-10,13H,11-12,14H2,1-3H3,(H,20,22). The molecule has 146 valence electrons. The Morgan fingerprint density at radius 3 is 2.44 bits per heavy atom. The quantitative estimate of drug-likeness (QED) is 0.705. The molecule has 0 aliphatic heterocycles. The number of ether oxygens (including phenoxy) is 2. The number of methoxy groups -OCH3 is 1. The van der Waals surface area contributed by atoms with Crippen molar-refractivity contribution in [1.29, 1.82) is 0 Å². The second-order valence-electron chi connectivity index (χ2n) is 5.99. The molecule has 0 fully saturated rings. The number of sulfonamides is 1. The Bertz CT molecular complexity index is 866. The molecule has 0 saturated carbocycles. The first-order valence-electron chi connectivity index (χ1n) is 8.37. The molecule has 0 aromatic heterocycles. The maximum absolute atomic E-state index is 12.1. The molecule has 1 amide bonds. The summed E-state index contributed by atoms with van der Waals surface area (Å²) in [5.74, 6) is 0.830. The number of hydrogen-bond donors (Lipinski definition) is 1. The molecule has 7 nitrogen and oxygen atoms in total. The van der Waals surface area contributed by atoms with Gasteiger partial charge in [0.05, 0.1) is 25.6 Å². The fourth-order valence-electron chi connectivity index (χ4n) is 2.38. The van der Waals surface area contributed by atoms with Gasteiger partial charge in [0, 0.05) is 12.6 Å². The first-order valence-corrected chi connectivity index (χ1v) is 10.2. The molecule has 0 atom stereocenters. The highest BCUT2D eigenvalue weighted by Gasteiger charge is 2.18. The van der Waals surface area contributed by atoms with Gasteiger partial charge < -0.3 is 14.8 Å². The number of carbonyl (C=O) groups excluding carboxylic acids is 1. The van der Waals surface area contributed by atoms with E-state index >= 15 is 0 Å². The topological polar surface area (TPSA) is 84.9 Å². The Kier molecular flexibility index (Phi) is 7.06. The summed E-state index contributed by atoms with van der Waals surface area (Å²) in [4.78, 5) is 11.9.